The molecular formula is C13H15ClO3. The number of Topliss-reactive ketones (excluding diaryl/α,β-unsaturated/α-hetero) is 1. The lowest BCUT2D eigenvalue weighted by atomic mass is 10.0. The minimum Gasteiger partial charge on any atom is -0.493 e. The second kappa shape index (κ2) is 5.73. The summed E-state index contributed by atoms with van der Waals surface area (Å²) in [6.45, 7) is 5.52. The van der Waals surface area contributed by atoms with Gasteiger partial charge < -0.3 is 9.47 Å². The summed E-state index contributed by atoms with van der Waals surface area (Å²) < 4.78 is 10.2. The summed E-state index contributed by atoms with van der Waals surface area (Å²) in [5.74, 6) is 0.839. The molecular weight excluding hydrogens is 240 g/mol. The molecule has 1 aromatic rings. The van der Waals surface area contributed by atoms with E-state index in [-0.39, 0.29) is 5.78 Å². The molecule has 0 amide bonds. The molecule has 0 atom stereocenters. The number of ether oxygens (including phenoxy) is 2. The average Bonchev–Trinajstić information content (AvgIpc) is 2.26. The van der Waals surface area contributed by atoms with Crippen molar-refractivity contribution < 1.29 is 14.3 Å². The Morgan fingerprint density at radius 1 is 1.35 bits per heavy atom. The van der Waals surface area contributed by atoms with E-state index in [9.17, 15) is 4.79 Å². The Kier molecular flexibility index (Phi) is 4.58. The largest absolute Gasteiger partial charge is 0.493 e. The zero-order valence-corrected chi connectivity index (χ0v) is 10.9. The topological polar surface area (TPSA) is 35.5 Å². The number of halogens is 1. The van der Waals surface area contributed by atoms with Gasteiger partial charge in [0, 0.05) is 12.0 Å². The highest BCUT2D eigenvalue weighted by molar-refractivity contribution is 6.32. The number of carbonyl (C=O) groups is 1. The third-order valence-electron chi connectivity index (χ3n) is 2.22. The van der Waals surface area contributed by atoms with Crippen LogP contribution in [0.3, 0.4) is 0 Å². The summed E-state index contributed by atoms with van der Waals surface area (Å²) in [7, 11) is 3.00. The third kappa shape index (κ3) is 3.24. The number of hydrogen-bond acceptors (Lipinski definition) is 3. The predicted octanol–water partition coefficient (Wildman–Crippen LogP) is 3.51. The molecule has 0 aliphatic heterocycles. The molecule has 0 bridgehead atoms. The molecule has 92 valence electrons. The molecule has 0 aliphatic carbocycles. The molecule has 4 heteroatoms. The van der Waals surface area contributed by atoms with Crippen LogP contribution in [0.4, 0.5) is 0 Å². The fraction of sp³-hybridized carbons (Fsp3) is 0.308. The van der Waals surface area contributed by atoms with Gasteiger partial charge in [-0.25, -0.2) is 0 Å². The van der Waals surface area contributed by atoms with E-state index in [1.165, 1.54) is 14.2 Å². The minimum absolute atomic E-state index is 0.0413. The van der Waals surface area contributed by atoms with Crippen LogP contribution in [0.15, 0.2) is 24.3 Å². The van der Waals surface area contributed by atoms with E-state index in [0.29, 0.717) is 28.5 Å². The third-order valence-corrected chi connectivity index (χ3v) is 2.50. The molecule has 0 unspecified atom stereocenters. The van der Waals surface area contributed by atoms with Crippen LogP contribution in [0, 0.1) is 0 Å². The van der Waals surface area contributed by atoms with Crippen molar-refractivity contribution in [3.8, 4) is 11.5 Å². The highest BCUT2D eigenvalue weighted by atomic mass is 35.5. The van der Waals surface area contributed by atoms with Gasteiger partial charge in [0.1, 0.15) is 0 Å². The summed E-state index contributed by atoms with van der Waals surface area (Å²) in [5.41, 5.74) is 1.30. The Morgan fingerprint density at radius 3 is 2.47 bits per heavy atom. The Hall–Kier alpha value is -1.48. The Bertz CT molecular complexity index is 452. The van der Waals surface area contributed by atoms with E-state index in [2.05, 4.69) is 6.58 Å². The SMILES string of the molecule is C=C(C)CC(=O)c1cc(Cl)c(OC)c(OC)c1. The number of rotatable bonds is 5. The maximum absolute atomic E-state index is 11.9. The number of hydrogen-bond donors (Lipinski definition) is 0. The van der Waals surface area contributed by atoms with E-state index in [1.54, 1.807) is 19.1 Å². The van der Waals surface area contributed by atoms with Crippen LogP contribution in [0.2, 0.25) is 5.02 Å². The lowest BCUT2D eigenvalue weighted by Gasteiger charge is -2.11. The molecule has 0 radical (unpaired) electrons. The van der Waals surface area contributed by atoms with Crippen LogP contribution in [-0.4, -0.2) is 20.0 Å². The van der Waals surface area contributed by atoms with Crippen LogP contribution < -0.4 is 9.47 Å². The second-order valence-electron chi connectivity index (χ2n) is 3.75. The van der Waals surface area contributed by atoms with Crippen LogP contribution in [0.5, 0.6) is 11.5 Å². The lowest BCUT2D eigenvalue weighted by Crippen LogP contribution is -2.01. The van der Waals surface area contributed by atoms with Crippen molar-refractivity contribution >= 4 is 17.4 Å². The van der Waals surface area contributed by atoms with Crippen LogP contribution in [0.1, 0.15) is 23.7 Å². The zero-order valence-electron chi connectivity index (χ0n) is 10.2. The number of benzene rings is 1. The maximum Gasteiger partial charge on any atom is 0.179 e. The molecule has 0 saturated heterocycles. The molecule has 1 aromatic carbocycles. The predicted molar refractivity (Wildman–Crippen MR) is 68.3 cm³/mol. The summed E-state index contributed by atoms with van der Waals surface area (Å²) in [4.78, 5) is 11.9. The first-order chi connectivity index (χ1) is 7.99. The first-order valence-corrected chi connectivity index (χ1v) is 5.46. The molecule has 0 heterocycles. The van der Waals surface area contributed by atoms with Crippen molar-refractivity contribution in [3.63, 3.8) is 0 Å². The van der Waals surface area contributed by atoms with Gasteiger partial charge >= 0.3 is 0 Å². The molecule has 1 rings (SSSR count). The quantitative estimate of drug-likeness (QED) is 0.596. The van der Waals surface area contributed by atoms with Crippen LogP contribution >= 0.6 is 11.6 Å². The minimum atomic E-state index is -0.0413. The Balaban J connectivity index is 3.15. The molecule has 0 saturated carbocycles. The fourth-order valence-electron chi connectivity index (χ4n) is 1.46. The van der Waals surface area contributed by atoms with E-state index in [0.717, 1.165) is 5.57 Å². The maximum atomic E-state index is 11.9. The first kappa shape index (κ1) is 13.6. The molecule has 0 N–H and O–H groups in total. The van der Waals surface area contributed by atoms with Gasteiger partial charge in [-0.05, 0) is 19.1 Å². The van der Waals surface area contributed by atoms with Crippen molar-refractivity contribution in [1.29, 1.82) is 0 Å². The van der Waals surface area contributed by atoms with Crippen molar-refractivity contribution in [2.75, 3.05) is 14.2 Å². The van der Waals surface area contributed by atoms with E-state index in [1.807, 2.05) is 0 Å². The van der Waals surface area contributed by atoms with E-state index >= 15 is 0 Å². The molecule has 0 aliphatic rings. The van der Waals surface area contributed by atoms with Gasteiger partial charge in [0.25, 0.3) is 0 Å². The number of carbonyl (C=O) groups excluding carboxylic acids is 1. The normalized spacial score (nSPS) is 9.88. The molecule has 0 fully saturated rings. The first-order valence-electron chi connectivity index (χ1n) is 5.08. The Morgan fingerprint density at radius 2 is 2.00 bits per heavy atom. The molecule has 0 aromatic heterocycles. The summed E-state index contributed by atoms with van der Waals surface area (Å²) >= 11 is 6.01. The van der Waals surface area contributed by atoms with Gasteiger partial charge in [0.15, 0.2) is 17.3 Å². The van der Waals surface area contributed by atoms with E-state index < -0.39 is 0 Å². The van der Waals surface area contributed by atoms with Crippen molar-refractivity contribution in [3.05, 3.63) is 34.9 Å². The summed E-state index contributed by atoms with van der Waals surface area (Å²) in [5, 5.41) is 0.358. The van der Waals surface area contributed by atoms with Gasteiger partial charge in [0.2, 0.25) is 0 Å². The van der Waals surface area contributed by atoms with Crippen molar-refractivity contribution in [2.24, 2.45) is 0 Å². The monoisotopic (exact) mass is 254 g/mol. The lowest BCUT2D eigenvalue weighted by molar-refractivity contribution is 0.0993. The highest BCUT2D eigenvalue weighted by Gasteiger charge is 2.14. The standard InChI is InChI=1S/C13H15ClO3/c1-8(2)5-11(15)9-6-10(14)13(17-4)12(7-9)16-3/h6-7H,1,5H2,2-4H3. The number of ketones is 1. The molecule has 0 spiro atoms. The summed E-state index contributed by atoms with van der Waals surface area (Å²) in [6, 6.07) is 3.20. The number of allylic oxidation sites excluding steroid dienone is 1. The average molecular weight is 255 g/mol. The van der Waals surface area contributed by atoms with Crippen LogP contribution in [-0.2, 0) is 0 Å². The molecule has 3 nitrogen and oxygen atoms in total. The second-order valence-corrected chi connectivity index (χ2v) is 4.16. The summed E-state index contributed by atoms with van der Waals surface area (Å²) in [6.07, 6.45) is 0.297. The zero-order chi connectivity index (χ0) is 13.0. The van der Waals surface area contributed by atoms with Crippen LogP contribution in [0.25, 0.3) is 0 Å². The van der Waals surface area contributed by atoms with Gasteiger partial charge in [-0.2, -0.15) is 0 Å². The number of methoxy groups -OCH3 is 2. The smallest absolute Gasteiger partial charge is 0.179 e. The van der Waals surface area contributed by atoms with Gasteiger partial charge in [-0.15, -0.1) is 0 Å². The van der Waals surface area contributed by atoms with Crippen molar-refractivity contribution in [1.82, 2.24) is 0 Å². The van der Waals surface area contributed by atoms with Crippen molar-refractivity contribution in [2.45, 2.75) is 13.3 Å². The van der Waals surface area contributed by atoms with Gasteiger partial charge in [-0.3, -0.25) is 4.79 Å². The fourth-order valence-corrected chi connectivity index (χ4v) is 1.74. The highest BCUT2D eigenvalue weighted by Crippen LogP contribution is 2.36. The van der Waals surface area contributed by atoms with E-state index in [4.69, 9.17) is 21.1 Å². The Labute approximate surface area is 106 Å². The van der Waals surface area contributed by atoms with Gasteiger partial charge in [0.05, 0.1) is 19.2 Å². The molecule has 17 heavy (non-hydrogen) atoms. The van der Waals surface area contributed by atoms with Gasteiger partial charge in [-0.1, -0.05) is 23.8 Å².